The summed E-state index contributed by atoms with van der Waals surface area (Å²) in [5.41, 5.74) is 3.31. The molecule has 2 aromatic rings. The minimum Gasteiger partial charge on any atom is -0.481 e. The van der Waals surface area contributed by atoms with E-state index in [1.54, 1.807) is 25.5 Å². The van der Waals surface area contributed by atoms with Gasteiger partial charge in [-0.25, -0.2) is 9.78 Å². The van der Waals surface area contributed by atoms with Crippen LogP contribution in [0.25, 0.3) is 11.1 Å². The van der Waals surface area contributed by atoms with Crippen LogP contribution in [0.15, 0.2) is 41.5 Å². The number of methoxy groups -OCH3 is 1. The number of para-hydroxylation sites is 1. The Hall–Kier alpha value is -2.45. The van der Waals surface area contributed by atoms with Crippen molar-refractivity contribution in [2.45, 2.75) is 6.92 Å². The lowest BCUT2D eigenvalue weighted by molar-refractivity contribution is 0.398. The Morgan fingerprint density at radius 3 is 2.89 bits per heavy atom. The van der Waals surface area contributed by atoms with E-state index in [4.69, 9.17) is 4.74 Å². The van der Waals surface area contributed by atoms with Gasteiger partial charge in [0.1, 0.15) is 0 Å². The average Bonchev–Trinajstić information content (AvgIpc) is 2.41. The van der Waals surface area contributed by atoms with Gasteiger partial charge in [-0.2, -0.15) is 4.99 Å². The summed E-state index contributed by atoms with van der Waals surface area (Å²) in [6, 6.07) is 9.37. The van der Waals surface area contributed by atoms with Gasteiger partial charge in [0.2, 0.25) is 12.0 Å². The summed E-state index contributed by atoms with van der Waals surface area (Å²) in [5.74, 6) is 0.523. The molecule has 0 saturated heterocycles. The second-order valence-corrected chi connectivity index (χ2v) is 3.76. The highest BCUT2D eigenvalue weighted by molar-refractivity contribution is 5.79. The van der Waals surface area contributed by atoms with Gasteiger partial charge in [0.25, 0.3) is 0 Å². The van der Waals surface area contributed by atoms with Crippen molar-refractivity contribution in [1.29, 1.82) is 0 Å². The van der Waals surface area contributed by atoms with Gasteiger partial charge in [-0.05, 0) is 24.1 Å². The molecule has 0 radical (unpaired) electrons. The predicted octanol–water partition coefficient (Wildman–Crippen LogP) is 3.03. The minimum absolute atomic E-state index is 0.523. The molecule has 18 heavy (non-hydrogen) atoms. The van der Waals surface area contributed by atoms with Gasteiger partial charge in [0, 0.05) is 17.8 Å². The van der Waals surface area contributed by atoms with Crippen LogP contribution in [0.2, 0.25) is 0 Å². The number of hydrogen-bond acceptors (Lipinski definition) is 4. The van der Waals surface area contributed by atoms with Crippen LogP contribution in [0.3, 0.4) is 0 Å². The van der Waals surface area contributed by atoms with E-state index in [1.165, 1.54) is 0 Å². The number of carbonyl (C=O) groups excluding carboxylic acids is 1. The monoisotopic (exact) mass is 240 g/mol. The van der Waals surface area contributed by atoms with Crippen molar-refractivity contribution in [3.05, 3.63) is 42.1 Å². The Morgan fingerprint density at radius 1 is 1.33 bits per heavy atom. The van der Waals surface area contributed by atoms with E-state index in [-0.39, 0.29) is 0 Å². The molecule has 90 valence electrons. The van der Waals surface area contributed by atoms with Crippen molar-refractivity contribution in [2.24, 2.45) is 4.99 Å². The number of rotatable bonds is 3. The first-order valence-corrected chi connectivity index (χ1v) is 5.44. The molecule has 0 saturated carbocycles. The summed E-state index contributed by atoms with van der Waals surface area (Å²) < 4.78 is 5.09. The molecule has 4 heteroatoms. The molecule has 0 fully saturated rings. The number of pyridine rings is 1. The van der Waals surface area contributed by atoms with E-state index in [9.17, 15) is 4.79 Å². The first kappa shape index (κ1) is 12.0. The standard InChI is InChI=1S/C14H12N2O2/c1-10-4-3-5-12(14(10)16-9-17)11-6-7-15-13(8-11)18-2/h3-8H,1-2H3. The van der Waals surface area contributed by atoms with Gasteiger partial charge in [0.15, 0.2) is 0 Å². The number of nitrogens with zero attached hydrogens (tertiary/aromatic N) is 2. The predicted molar refractivity (Wildman–Crippen MR) is 68.7 cm³/mol. The fraction of sp³-hybridized carbons (Fsp3) is 0.143. The maximum Gasteiger partial charge on any atom is 0.240 e. The number of hydrogen-bond donors (Lipinski definition) is 0. The fourth-order valence-corrected chi connectivity index (χ4v) is 1.77. The molecule has 0 spiro atoms. The molecule has 0 atom stereocenters. The molecule has 0 aliphatic rings. The van der Waals surface area contributed by atoms with E-state index in [1.807, 2.05) is 31.2 Å². The van der Waals surface area contributed by atoms with Crippen LogP contribution < -0.4 is 4.74 Å². The number of benzene rings is 1. The quantitative estimate of drug-likeness (QED) is 0.612. The molecular formula is C14H12N2O2. The van der Waals surface area contributed by atoms with Crippen molar-refractivity contribution in [2.75, 3.05) is 7.11 Å². The van der Waals surface area contributed by atoms with Crippen LogP contribution in [0.5, 0.6) is 5.88 Å². The normalized spacial score (nSPS) is 9.67. The maximum absolute atomic E-state index is 10.5. The highest BCUT2D eigenvalue weighted by Gasteiger charge is 2.08. The number of aliphatic imine (C=N–C) groups is 1. The molecule has 0 bridgehead atoms. The third-order valence-corrected chi connectivity index (χ3v) is 2.65. The van der Waals surface area contributed by atoms with Gasteiger partial charge in [-0.1, -0.05) is 18.2 Å². The van der Waals surface area contributed by atoms with Crippen molar-refractivity contribution in [3.63, 3.8) is 0 Å². The van der Waals surface area contributed by atoms with E-state index in [0.29, 0.717) is 11.6 Å². The average molecular weight is 240 g/mol. The van der Waals surface area contributed by atoms with Gasteiger partial charge < -0.3 is 4.74 Å². The molecule has 0 N–H and O–H groups in total. The van der Waals surface area contributed by atoms with Crippen molar-refractivity contribution < 1.29 is 9.53 Å². The molecule has 0 aliphatic carbocycles. The number of isocyanates is 1. The first-order chi connectivity index (χ1) is 8.76. The van der Waals surface area contributed by atoms with Crippen LogP contribution in [-0.4, -0.2) is 18.2 Å². The third kappa shape index (κ3) is 2.29. The number of ether oxygens (including phenoxy) is 1. The van der Waals surface area contributed by atoms with Crippen molar-refractivity contribution in [3.8, 4) is 17.0 Å². The van der Waals surface area contributed by atoms with Gasteiger partial charge in [-0.15, -0.1) is 0 Å². The molecule has 1 heterocycles. The lowest BCUT2D eigenvalue weighted by atomic mass is 10.0. The summed E-state index contributed by atoms with van der Waals surface area (Å²) >= 11 is 0. The zero-order chi connectivity index (χ0) is 13.0. The highest BCUT2D eigenvalue weighted by Crippen LogP contribution is 2.33. The van der Waals surface area contributed by atoms with Crippen molar-refractivity contribution >= 4 is 11.8 Å². The van der Waals surface area contributed by atoms with Gasteiger partial charge >= 0.3 is 0 Å². The molecule has 1 aromatic carbocycles. The van der Waals surface area contributed by atoms with Crippen LogP contribution in [0.1, 0.15) is 5.56 Å². The Balaban J connectivity index is 2.62. The second-order valence-electron chi connectivity index (χ2n) is 3.76. The Morgan fingerprint density at radius 2 is 2.17 bits per heavy atom. The zero-order valence-electron chi connectivity index (χ0n) is 10.2. The Labute approximate surface area is 105 Å². The van der Waals surface area contributed by atoms with E-state index in [2.05, 4.69) is 9.98 Å². The van der Waals surface area contributed by atoms with Crippen LogP contribution in [-0.2, 0) is 4.79 Å². The van der Waals surface area contributed by atoms with E-state index in [0.717, 1.165) is 16.7 Å². The SMILES string of the molecule is COc1cc(-c2cccc(C)c2N=C=O)ccn1. The molecular weight excluding hydrogens is 228 g/mol. The summed E-state index contributed by atoms with van der Waals surface area (Å²) in [6.07, 6.45) is 3.25. The smallest absolute Gasteiger partial charge is 0.240 e. The van der Waals surface area contributed by atoms with E-state index >= 15 is 0 Å². The zero-order valence-corrected chi connectivity index (χ0v) is 10.2. The molecule has 4 nitrogen and oxygen atoms in total. The second kappa shape index (κ2) is 5.25. The van der Waals surface area contributed by atoms with E-state index < -0.39 is 0 Å². The molecule has 0 aliphatic heterocycles. The highest BCUT2D eigenvalue weighted by atomic mass is 16.5. The molecule has 0 amide bonds. The first-order valence-electron chi connectivity index (χ1n) is 5.44. The third-order valence-electron chi connectivity index (χ3n) is 2.65. The summed E-state index contributed by atoms with van der Waals surface area (Å²) in [7, 11) is 1.56. The Kier molecular flexibility index (Phi) is 3.51. The Bertz CT molecular complexity index is 617. The summed E-state index contributed by atoms with van der Waals surface area (Å²) in [5, 5.41) is 0. The lowest BCUT2D eigenvalue weighted by Gasteiger charge is -2.08. The molecule has 0 unspecified atom stereocenters. The minimum atomic E-state index is 0.523. The summed E-state index contributed by atoms with van der Waals surface area (Å²) in [4.78, 5) is 18.3. The van der Waals surface area contributed by atoms with Crippen LogP contribution in [0, 0.1) is 6.92 Å². The molecule has 2 rings (SSSR count). The van der Waals surface area contributed by atoms with Crippen LogP contribution in [0.4, 0.5) is 5.69 Å². The van der Waals surface area contributed by atoms with Crippen molar-refractivity contribution in [1.82, 2.24) is 4.98 Å². The maximum atomic E-state index is 10.5. The topological polar surface area (TPSA) is 51.5 Å². The largest absolute Gasteiger partial charge is 0.481 e. The van der Waals surface area contributed by atoms with Gasteiger partial charge in [-0.3, -0.25) is 0 Å². The fourth-order valence-electron chi connectivity index (χ4n) is 1.77. The number of aryl methyl sites for hydroxylation is 1. The van der Waals surface area contributed by atoms with Gasteiger partial charge in [0.05, 0.1) is 12.8 Å². The number of aromatic nitrogens is 1. The summed E-state index contributed by atoms with van der Waals surface area (Å²) in [6.45, 7) is 1.90. The van der Waals surface area contributed by atoms with Crippen LogP contribution >= 0.6 is 0 Å². The lowest BCUT2D eigenvalue weighted by Crippen LogP contribution is -1.88. The molecule has 1 aromatic heterocycles.